The van der Waals surface area contributed by atoms with Crippen LogP contribution in [-0.2, 0) is 0 Å². The number of aliphatic imine (C=N–C) groups is 1. The maximum atomic E-state index is 5.79. The summed E-state index contributed by atoms with van der Waals surface area (Å²) in [7, 11) is 0. The Hall–Kier alpha value is -1.71. The molecule has 0 saturated heterocycles. The van der Waals surface area contributed by atoms with E-state index in [0.29, 0.717) is 12.7 Å². The molecule has 0 aromatic heterocycles. The Morgan fingerprint density at radius 3 is 2.76 bits per heavy atom. The highest BCUT2D eigenvalue weighted by Gasteiger charge is 2.24. The molecule has 1 N–H and O–H groups in total. The molecule has 1 aromatic carbocycles. The number of para-hydroxylation sites is 2. The lowest BCUT2D eigenvalue weighted by molar-refractivity contribution is 0.275. The number of hydrogen-bond donors (Lipinski definition) is 1. The highest BCUT2D eigenvalue weighted by molar-refractivity contribution is 5.85. The number of rotatable bonds is 5. The second-order valence-electron chi connectivity index (χ2n) is 4.31. The van der Waals surface area contributed by atoms with Gasteiger partial charge in [0.25, 0.3) is 0 Å². The third kappa shape index (κ3) is 2.70. The maximum Gasteiger partial charge on any atom is 0.161 e. The van der Waals surface area contributed by atoms with E-state index in [2.05, 4.69) is 10.3 Å². The predicted molar refractivity (Wildman–Crippen MR) is 65.9 cm³/mol. The summed E-state index contributed by atoms with van der Waals surface area (Å²) in [6.45, 7) is 2.25. The highest BCUT2D eigenvalue weighted by Crippen LogP contribution is 2.33. The second-order valence-corrected chi connectivity index (χ2v) is 4.31. The largest absolute Gasteiger partial charge is 0.487 e. The Labute approximate surface area is 101 Å². The van der Waals surface area contributed by atoms with Crippen LogP contribution in [0.3, 0.4) is 0 Å². The van der Waals surface area contributed by atoms with Gasteiger partial charge in [-0.05, 0) is 25.0 Å². The van der Waals surface area contributed by atoms with Crippen LogP contribution < -0.4 is 14.8 Å². The fourth-order valence-electron chi connectivity index (χ4n) is 1.72. The number of amidine groups is 1. The molecule has 1 aliphatic carbocycles. The van der Waals surface area contributed by atoms with Crippen molar-refractivity contribution in [3.8, 4) is 11.5 Å². The van der Waals surface area contributed by atoms with E-state index >= 15 is 0 Å². The van der Waals surface area contributed by atoms with Crippen molar-refractivity contribution in [3.05, 3.63) is 24.3 Å². The summed E-state index contributed by atoms with van der Waals surface area (Å²) >= 11 is 0. The molecular formula is C13H16N2O2. The van der Waals surface area contributed by atoms with E-state index in [1.54, 1.807) is 0 Å². The average molecular weight is 232 g/mol. The average Bonchev–Trinajstić information content (AvgIpc) is 3.02. The molecule has 4 heteroatoms. The molecule has 1 aliphatic heterocycles. The molecule has 90 valence electrons. The van der Waals surface area contributed by atoms with Gasteiger partial charge in [0.2, 0.25) is 0 Å². The van der Waals surface area contributed by atoms with Crippen LogP contribution in [0.25, 0.3) is 0 Å². The molecule has 17 heavy (non-hydrogen) atoms. The number of benzene rings is 1. The van der Waals surface area contributed by atoms with Crippen molar-refractivity contribution >= 4 is 5.84 Å². The second kappa shape index (κ2) is 4.65. The van der Waals surface area contributed by atoms with Gasteiger partial charge in [0.15, 0.2) is 11.5 Å². The van der Waals surface area contributed by atoms with Gasteiger partial charge in [-0.2, -0.15) is 0 Å². The zero-order valence-corrected chi connectivity index (χ0v) is 9.69. The minimum Gasteiger partial charge on any atom is -0.487 e. The standard InChI is InChI=1S/C13H16N2O2/c1-2-4-12(17-10-5-6-10)11(3-1)16-9-13-14-7-8-15-13/h1-4,10H,5-9H2,(H,14,15). The van der Waals surface area contributed by atoms with Gasteiger partial charge < -0.3 is 14.8 Å². The van der Waals surface area contributed by atoms with Crippen LogP contribution in [0.2, 0.25) is 0 Å². The number of hydrogen-bond acceptors (Lipinski definition) is 4. The third-order valence-electron chi connectivity index (χ3n) is 2.78. The quantitative estimate of drug-likeness (QED) is 0.838. The molecule has 1 fully saturated rings. The monoisotopic (exact) mass is 232 g/mol. The molecule has 0 bridgehead atoms. The van der Waals surface area contributed by atoms with Gasteiger partial charge in [0.05, 0.1) is 12.6 Å². The predicted octanol–water partition coefficient (Wildman–Crippen LogP) is 1.61. The first-order valence-electron chi connectivity index (χ1n) is 6.07. The van der Waals surface area contributed by atoms with E-state index in [4.69, 9.17) is 9.47 Å². The van der Waals surface area contributed by atoms with Crippen LogP contribution in [0.15, 0.2) is 29.3 Å². The van der Waals surface area contributed by atoms with Crippen LogP contribution in [0.4, 0.5) is 0 Å². The van der Waals surface area contributed by atoms with Crippen molar-refractivity contribution in [1.82, 2.24) is 5.32 Å². The molecule has 1 heterocycles. The Bertz CT molecular complexity index is 427. The first kappa shape index (κ1) is 10.4. The number of nitrogens with one attached hydrogen (secondary N) is 1. The summed E-state index contributed by atoms with van der Waals surface area (Å²) in [6.07, 6.45) is 2.70. The van der Waals surface area contributed by atoms with Crippen molar-refractivity contribution < 1.29 is 9.47 Å². The van der Waals surface area contributed by atoms with Gasteiger partial charge in [-0.1, -0.05) is 12.1 Å². The van der Waals surface area contributed by atoms with E-state index in [1.165, 1.54) is 0 Å². The zero-order valence-electron chi connectivity index (χ0n) is 9.69. The van der Waals surface area contributed by atoms with Crippen molar-refractivity contribution in [2.75, 3.05) is 19.7 Å². The van der Waals surface area contributed by atoms with Crippen LogP contribution in [-0.4, -0.2) is 31.6 Å². The Morgan fingerprint density at radius 2 is 2.06 bits per heavy atom. The molecule has 3 rings (SSSR count). The van der Waals surface area contributed by atoms with Crippen molar-refractivity contribution in [2.45, 2.75) is 18.9 Å². The summed E-state index contributed by atoms with van der Waals surface area (Å²) in [4.78, 5) is 4.29. The van der Waals surface area contributed by atoms with Gasteiger partial charge in [-0.3, -0.25) is 4.99 Å². The minimum atomic E-state index is 0.390. The smallest absolute Gasteiger partial charge is 0.161 e. The third-order valence-corrected chi connectivity index (χ3v) is 2.78. The Balaban J connectivity index is 1.63. The molecule has 0 radical (unpaired) electrons. The maximum absolute atomic E-state index is 5.79. The first-order chi connectivity index (χ1) is 8.42. The van der Waals surface area contributed by atoms with Gasteiger partial charge in [-0.15, -0.1) is 0 Å². The SMILES string of the molecule is c1ccc(OC2CC2)c(OCC2=NCCN2)c1. The molecule has 0 amide bonds. The molecule has 2 aliphatic rings. The van der Waals surface area contributed by atoms with Gasteiger partial charge in [0, 0.05) is 6.54 Å². The molecule has 1 aromatic rings. The van der Waals surface area contributed by atoms with E-state index in [-0.39, 0.29) is 0 Å². The zero-order chi connectivity index (χ0) is 11.5. The van der Waals surface area contributed by atoms with Crippen LogP contribution in [0.5, 0.6) is 11.5 Å². The number of nitrogens with zero attached hydrogens (tertiary/aromatic N) is 1. The van der Waals surface area contributed by atoms with Crippen LogP contribution >= 0.6 is 0 Å². The topological polar surface area (TPSA) is 42.9 Å². The lowest BCUT2D eigenvalue weighted by Gasteiger charge is -2.12. The first-order valence-corrected chi connectivity index (χ1v) is 6.07. The van der Waals surface area contributed by atoms with E-state index in [1.807, 2.05) is 24.3 Å². The molecular weight excluding hydrogens is 216 g/mol. The normalized spacial score (nSPS) is 18.5. The fourth-order valence-corrected chi connectivity index (χ4v) is 1.72. The Morgan fingerprint density at radius 1 is 1.24 bits per heavy atom. The van der Waals surface area contributed by atoms with Gasteiger partial charge >= 0.3 is 0 Å². The highest BCUT2D eigenvalue weighted by atomic mass is 16.5. The summed E-state index contributed by atoms with van der Waals surface area (Å²) in [5, 5.41) is 3.18. The Kier molecular flexibility index (Phi) is 2.86. The van der Waals surface area contributed by atoms with Crippen molar-refractivity contribution in [1.29, 1.82) is 0 Å². The molecule has 1 saturated carbocycles. The summed E-state index contributed by atoms with van der Waals surface area (Å²) in [5.41, 5.74) is 0. The fraction of sp³-hybridized carbons (Fsp3) is 0.462. The summed E-state index contributed by atoms with van der Waals surface area (Å²) in [6, 6.07) is 7.82. The van der Waals surface area contributed by atoms with E-state index in [0.717, 1.165) is 43.3 Å². The lowest BCUT2D eigenvalue weighted by atomic mass is 10.3. The van der Waals surface area contributed by atoms with Crippen molar-refractivity contribution in [2.24, 2.45) is 4.99 Å². The molecule has 0 unspecified atom stereocenters. The van der Waals surface area contributed by atoms with Crippen LogP contribution in [0, 0.1) is 0 Å². The van der Waals surface area contributed by atoms with Gasteiger partial charge in [-0.25, -0.2) is 0 Å². The molecule has 4 nitrogen and oxygen atoms in total. The summed E-state index contributed by atoms with van der Waals surface area (Å²) < 4.78 is 11.5. The molecule has 0 atom stereocenters. The van der Waals surface area contributed by atoms with E-state index in [9.17, 15) is 0 Å². The minimum absolute atomic E-state index is 0.390. The van der Waals surface area contributed by atoms with Crippen molar-refractivity contribution in [3.63, 3.8) is 0 Å². The number of ether oxygens (including phenoxy) is 2. The van der Waals surface area contributed by atoms with E-state index < -0.39 is 0 Å². The lowest BCUT2D eigenvalue weighted by Crippen LogP contribution is -2.25. The summed E-state index contributed by atoms with van der Waals surface area (Å²) in [5.74, 6) is 2.57. The van der Waals surface area contributed by atoms with Crippen LogP contribution in [0.1, 0.15) is 12.8 Å². The molecule has 0 spiro atoms. The van der Waals surface area contributed by atoms with Gasteiger partial charge in [0.1, 0.15) is 12.4 Å².